The molecule has 0 aromatic carbocycles. The molecule has 0 fully saturated rings. The minimum absolute atomic E-state index is 0.101. The predicted molar refractivity (Wildman–Crippen MR) is 64.5 cm³/mol. The highest BCUT2D eigenvalue weighted by molar-refractivity contribution is 5.76. The number of hydrogen-bond acceptors (Lipinski definition) is 3. The maximum Gasteiger partial charge on any atom is 0.310 e. The van der Waals surface area contributed by atoms with Gasteiger partial charge in [0.15, 0.2) is 12.3 Å². The topological polar surface area (TPSA) is 44.4 Å². The second kappa shape index (κ2) is 4.65. The van der Waals surface area contributed by atoms with Crippen LogP contribution in [0.4, 0.5) is 0 Å². The molecule has 2 rings (SSSR count). The van der Waals surface area contributed by atoms with Crippen LogP contribution in [0.3, 0.4) is 0 Å². The Bertz CT molecular complexity index is 522. The van der Waals surface area contributed by atoms with Gasteiger partial charge in [0.25, 0.3) is 0 Å². The van der Waals surface area contributed by atoms with E-state index in [2.05, 4.69) is 6.92 Å². The van der Waals surface area contributed by atoms with Crippen LogP contribution in [0, 0.1) is 5.92 Å². The summed E-state index contributed by atoms with van der Waals surface area (Å²) in [6, 6.07) is 3.87. The average molecular weight is 235 g/mol. The fourth-order valence-corrected chi connectivity index (χ4v) is 1.77. The van der Waals surface area contributed by atoms with Crippen LogP contribution in [0.2, 0.25) is 0 Å². The molecule has 0 aliphatic heterocycles. The minimum Gasteiger partial charge on any atom is -0.463 e. The molecule has 2 aromatic heterocycles. The summed E-state index contributed by atoms with van der Waals surface area (Å²) in [6.07, 6.45) is 2.52. The quantitative estimate of drug-likeness (QED) is 0.765. The maximum atomic E-state index is 11.5. The normalized spacial score (nSPS) is 11.3. The van der Waals surface area contributed by atoms with Crippen molar-refractivity contribution in [3.63, 3.8) is 0 Å². The second-order valence-corrected chi connectivity index (χ2v) is 4.33. The number of carbonyl (C=O) groups is 1. The molecule has 2 aromatic rings. The fraction of sp³-hybridized carbons (Fsp3) is 0.462. The first-order chi connectivity index (χ1) is 8.13. The first-order valence-corrected chi connectivity index (χ1v) is 5.85. The van der Waals surface area contributed by atoms with Gasteiger partial charge in [0.2, 0.25) is 0 Å². The van der Waals surface area contributed by atoms with Crippen LogP contribution in [0.15, 0.2) is 22.8 Å². The van der Waals surface area contributed by atoms with Crippen LogP contribution in [0.25, 0.3) is 11.1 Å². The van der Waals surface area contributed by atoms with Gasteiger partial charge < -0.3 is 13.7 Å². The molecular weight excluding hydrogens is 218 g/mol. The molecule has 92 valence electrons. The summed E-state index contributed by atoms with van der Waals surface area (Å²) in [5.74, 6) is -0.284. The molecule has 0 aliphatic carbocycles. The Kier molecular flexibility index (Phi) is 3.22. The highest BCUT2D eigenvalue weighted by atomic mass is 16.5. The number of ether oxygens (including phenoxy) is 1. The predicted octanol–water partition coefficient (Wildman–Crippen LogP) is 2.95. The Balaban J connectivity index is 2.21. The van der Waals surface area contributed by atoms with Crippen molar-refractivity contribution < 1.29 is 13.9 Å². The van der Waals surface area contributed by atoms with Crippen molar-refractivity contribution >= 4 is 17.1 Å². The monoisotopic (exact) mass is 235 g/mol. The molecule has 0 radical (unpaired) electrons. The summed E-state index contributed by atoms with van der Waals surface area (Å²) in [7, 11) is 0. The van der Waals surface area contributed by atoms with Gasteiger partial charge in [-0.2, -0.15) is 0 Å². The van der Waals surface area contributed by atoms with E-state index in [1.165, 1.54) is 0 Å². The Morgan fingerprint density at radius 3 is 2.94 bits per heavy atom. The van der Waals surface area contributed by atoms with E-state index in [1.54, 1.807) is 6.26 Å². The number of esters is 1. The molecule has 17 heavy (non-hydrogen) atoms. The summed E-state index contributed by atoms with van der Waals surface area (Å²) in [6.45, 7) is 5.97. The third-order valence-electron chi connectivity index (χ3n) is 2.78. The van der Waals surface area contributed by atoms with Crippen molar-refractivity contribution in [1.82, 2.24) is 4.57 Å². The smallest absolute Gasteiger partial charge is 0.310 e. The summed E-state index contributed by atoms with van der Waals surface area (Å²) < 4.78 is 12.6. The van der Waals surface area contributed by atoms with Gasteiger partial charge in [-0.25, -0.2) is 0 Å². The fourth-order valence-electron chi connectivity index (χ4n) is 1.77. The molecule has 0 bridgehead atoms. The van der Waals surface area contributed by atoms with Crippen molar-refractivity contribution in [3.05, 3.63) is 24.1 Å². The lowest BCUT2D eigenvalue weighted by atomic mass is 10.2. The highest BCUT2D eigenvalue weighted by Gasteiger charge is 2.13. The summed E-state index contributed by atoms with van der Waals surface area (Å²) in [5, 5.41) is 0. The molecule has 4 heteroatoms. The molecule has 0 aliphatic rings. The van der Waals surface area contributed by atoms with Gasteiger partial charge in [-0.15, -0.1) is 0 Å². The number of carbonyl (C=O) groups excluding carboxylic acids is 1. The molecule has 0 atom stereocenters. The van der Waals surface area contributed by atoms with E-state index in [0.29, 0.717) is 0 Å². The largest absolute Gasteiger partial charge is 0.463 e. The first-order valence-electron chi connectivity index (χ1n) is 5.85. The molecule has 0 N–H and O–H groups in total. The van der Waals surface area contributed by atoms with Gasteiger partial charge in [0.05, 0.1) is 17.7 Å². The third-order valence-corrected chi connectivity index (χ3v) is 2.78. The van der Waals surface area contributed by atoms with Crippen molar-refractivity contribution in [3.8, 4) is 0 Å². The van der Waals surface area contributed by atoms with E-state index in [0.717, 1.165) is 23.2 Å². The van der Waals surface area contributed by atoms with E-state index in [1.807, 2.05) is 30.5 Å². The van der Waals surface area contributed by atoms with Crippen LogP contribution in [0.5, 0.6) is 0 Å². The highest BCUT2D eigenvalue weighted by Crippen LogP contribution is 2.21. The van der Waals surface area contributed by atoms with Gasteiger partial charge >= 0.3 is 5.97 Å². The molecule has 0 unspecified atom stereocenters. The Hall–Kier alpha value is -1.71. The third kappa shape index (κ3) is 2.20. The summed E-state index contributed by atoms with van der Waals surface area (Å²) in [5.41, 5.74) is 2.91. The molecule has 2 heterocycles. The van der Waals surface area contributed by atoms with Gasteiger partial charge in [0, 0.05) is 17.8 Å². The van der Waals surface area contributed by atoms with Crippen LogP contribution in [-0.2, 0) is 22.7 Å². The summed E-state index contributed by atoms with van der Waals surface area (Å²) >= 11 is 0. The van der Waals surface area contributed by atoms with Crippen LogP contribution in [0.1, 0.15) is 26.5 Å². The Morgan fingerprint density at radius 2 is 2.29 bits per heavy atom. The number of aryl methyl sites for hydroxylation is 1. The van der Waals surface area contributed by atoms with Crippen LogP contribution >= 0.6 is 0 Å². The lowest BCUT2D eigenvalue weighted by molar-refractivity contribution is -0.151. The zero-order chi connectivity index (χ0) is 12.4. The number of furan rings is 1. The number of hydrogen-bond donors (Lipinski definition) is 0. The van der Waals surface area contributed by atoms with E-state index in [4.69, 9.17) is 9.15 Å². The molecule has 0 spiro atoms. The van der Waals surface area contributed by atoms with Crippen molar-refractivity contribution in [2.45, 2.75) is 33.9 Å². The minimum atomic E-state index is -0.183. The van der Waals surface area contributed by atoms with Crippen molar-refractivity contribution in [1.29, 1.82) is 0 Å². The standard InChI is InChI=1S/C13H17NO3/c1-4-10-7-12-11(5-6-16-12)14(10)8-17-13(15)9(2)3/h5-7,9H,4,8H2,1-3H3. The van der Waals surface area contributed by atoms with E-state index in [9.17, 15) is 4.79 Å². The number of aromatic nitrogens is 1. The molecule has 0 saturated carbocycles. The zero-order valence-electron chi connectivity index (χ0n) is 10.4. The lowest BCUT2D eigenvalue weighted by Gasteiger charge is -2.11. The van der Waals surface area contributed by atoms with E-state index >= 15 is 0 Å². The van der Waals surface area contributed by atoms with Crippen molar-refractivity contribution in [2.24, 2.45) is 5.92 Å². The van der Waals surface area contributed by atoms with Gasteiger partial charge in [-0.3, -0.25) is 4.79 Å². The van der Waals surface area contributed by atoms with E-state index in [-0.39, 0.29) is 18.6 Å². The number of fused-ring (bicyclic) bond motifs is 1. The first kappa shape index (κ1) is 11.8. The molecule has 0 amide bonds. The Labute approximate surface area is 100 Å². The molecule has 0 saturated heterocycles. The molecular formula is C13H17NO3. The Morgan fingerprint density at radius 1 is 1.53 bits per heavy atom. The number of rotatable bonds is 4. The van der Waals surface area contributed by atoms with Gasteiger partial charge in [-0.05, 0) is 6.42 Å². The SMILES string of the molecule is CCc1cc2occc2n1COC(=O)C(C)C. The molecule has 4 nitrogen and oxygen atoms in total. The maximum absolute atomic E-state index is 11.5. The van der Waals surface area contributed by atoms with Crippen molar-refractivity contribution in [2.75, 3.05) is 0 Å². The van der Waals surface area contributed by atoms with Crippen LogP contribution in [-0.4, -0.2) is 10.5 Å². The number of nitrogens with zero attached hydrogens (tertiary/aromatic N) is 1. The zero-order valence-corrected chi connectivity index (χ0v) is 10.4. The lowest BCUT2D eigenvalue weighted by Crippen LogP contribution is -2.15. The van der Waals surface area contributed by atoms with E-state index < -0.39 is 0 Å². The summed E-state index contributed by atoms with van der Waals surface area (Å²) in [4.78, 5) is 11.5. The van der Waals surface area contributed by atoms with Gasteiger partial charge in [-0.1, -0.05) is 20.8 Å². The second-order valence-electron chi connectivity index (χ2n) is 4.33. The van der Waals surface area contributed by atoms with Gasteiger partial charge in [0.1, 0.15) is 0 Å². The van der Waals surface area contributed by atoms with Crippen LogP contribution < -0.4 is 0 Å². The average Bonchev–Trinajstić information content (AvgIpc) is 2.85.